The number of ether oxygens (including phenoxy) is 1. The molecule has 0 saturated heterocycles. The van der Waals surface area contributed by atoms with Crippen LogP contribution in [0.4, 0.5) is 5.69 Å². The fourth-order valence-electron chi connectivity index (χ4n) is 3.40. The van der Waals surface area contributed by atoms with Crippen LogP contribution in [0.1, 0.15) is 13.3 Å². The van der Waals surface area contributed by atoms with E-state index in [-0.39, 0.29) is 30.3 Å². The van der Waals surface area contributed by atoms with Gasteiger partial charge in [0.1, 0.15) is 18.4 Å². The summed E-state index contributed by atoms with van der Waals surface area (Å²) < 4.78 is 31.8. The molecule has 0 aliphatic carbocycles. The van der Waals surface area contributed by atoms with Gasteiger partial charge < -0.3 is 10.1 Å². The Hall–Kier alpha value is -2.48. The van der Waals surface area contributed by atoms with Crippen LogP contribution < -0.4 is 14.4 Å². The zero-order chi connectivity index (χ0) is 23.3. The number of nitrogens with zero attached hydrogens (tertiary/aromatic N) is 1. The first-order chi connectivity index (χ1) is 15.2. The molecule has 32 heavy (non-hydrogen) atoms. The highest BCUT2D eigenvalue weighted by molar-refractivity contribution is 7.92. The number of benzene rings is 3. The van der Waals surface area contributed by atoms with Crippen molar-refractivity contribution in [2.24, 2.45) is 0 Å². The van der Waals surface area contributed by atoms with Crippen LogP contribution in [0.2, 0.25) is 10.0 Å². The van der Waals surface area contributed by atoms with E-state index in [1.165, 1.54) is 18.2 Å². The molecule has 6 nitrogen and oxygen atoms in total. The molecule has 0 saturated carbocycles. The monoisotopic (exact) mass is 494 g/mol. The average Bonchev–Trinajstić information content (AvgIpc) is 2.76. The van der Waals surface area contributed by atoms with Crippen LogP contribution in [0.3, 0.4) is 0 Å². The van der Waals surface area contributed by atoms with Crippen molar-refractivity contribution in [2.75, 3.05) is 23.7 Å². The Labute approximate surface area is 198 Å². The summed E-state index contributed by atoms with van der Waals surface area (Å²) in [4.78, 5) is 12.8. The second-order valence-corrected chi connectivity index (χ2v) is 9.90. The van der Waals surface area contributed by atoms with E-state index in [0.717, 1.165) is 21.3 Å². The smallest absolute Gasteiger partial charge is 0.244 e. The molecule has 1 atom stereocenters. The molecule has 0 aliphatic rings. The zero-order valence-corrected chi connectivity index (χ0v) is 20.0. The van der Waals surface area contributed by atoms with Gasteiger partial charge in [0.05, 0.1) is 28.5 Å². The molecule has 3 aromatic carbocycles. The first-order valence-corrected chi connectivity index (χ1v) is 12.6. The number of sulfonamides is 1. The molecule has 0 aromatic heterocycles. The van der Waals surface area contributed by atoms with Crippen LogP contribution in [0, 0.1) is 0 Å². The summed E-state index contributed by atoms with van der Waals surface area (Å²) in [5.41, 5.74) is 0.274. The van der Waals surface area contributed by atoms with E-state index in [9.17, 15) is 13.2 Å². The Morgan fingerprint density at radius 2 is 1.75 bits per heavy atom. The number of fused-ring (bicyclic) bond motifs is 1. The summed E-state index contributed by atoms with van der Waals surface area (Å²) in [5.74, 6) is 0.268. The lowest BCUT2D eigenvalue weighted by Gasteiger charge is -2.30. The van der Waals surface area contributed by atoms with Gasteiger partial charge in [0.2, 0.25) is 15.9 Å². The zero-order valence-electron chi connectivity index (χ0n) is 17.7. The van der Waals surface area contributed by atoms with E-state index in [0.29, 0.717) is 10.8 Å². The number of nitrogens with one attached hydrogen (secondary N) is 1. The summed E-state index contributed by atoms with van der Waals surface area (Å²) in [6.45, 7) is 2.21. The summed E-state index contributed by atoms with van der Waals surface area (Å²) in [7, 11) is -3.76. The molecule has 0 radical (unpaired) electrons. The van der Waals surface area contributed by atoms with Gasteiger partial charge in [-0.3, -0.25) is 9.10 Å². The van der Waals surface area contributed by atoms with E-state index in [4.69, 9.17) is 27.9 Å². The lowest BCUT2D eigenvalue weighted by Crippen LogP contribution is -2.50. The van der Waals surface area contributed by atoms with Crippen LogP contribution in [0.25, 0.3) is 10.8 Å². The number of hydrogen-bond acceptors (Lipinski definition) is 4. The summed E-state index contributed by atoms with van der Waals surface area (Å²) >= 11 is 12.0. The molecule has 0 unspecified atom stereocenters. The Balaban J connectivity index is 1.65. The number of halogens is 2. The summed E-state index contributed by atoms with van der Waals surface area (Å²) in [6.07, 6.45) is 1.32. The normalized spacial score (nSPS) is 12.4. The van der Waals surface area contributed by atoms with Crippen molar-refractivity contribution < 1.29 is 17.9 Å². The van der Waals surface area contributed by atoms with Crippen molar-refractivity contribution in [3.05, 3.63) is 70.7 Å². The highest BCUT2D eigenvalue weighted by Gasteiger charge is 2.31. The van der Waals surface area contributed by atoms with Gasteiger partial charge in [-0.25, -0.2) is 8.42 Å². The third-order valence-electron chi connectivity index (χ3n) is 4.88. The maximum Gasteiger partial charge on any atom is 0.244 e. The van der Waals surface area contributed by atoms with Crippen molar-refractivity contribution >= 4 is 55.6 Å². The minimum atomic E-state index is -3.76. The number of amides is 1. The first kappa shape index (κ1) is 24.2. The van der Waals surface area contributed by atoms with Gasteiger partial charge in [-0.2, -0.15) is 0 Å². The number of carbonyl (C=O) groups is 1. The second kappa shape index (κ2) is 10.4. The molecule has 0 aliphatic heterocycles. The average molecular weight is 495 g/mol. The predicted molar refractivity (Wildman–Crippen MR) is 130 cm³/mol. The highest BCUT2D eigenvalue weighted by atomic mass is 35.5. The van der Waals surface area contributed by atoms with Gasteiger partial charge in [0.25, 0.3) is 0 Å². The maximum absolute atomic E-state index is 12.8. The van der Waals surface area contributed by atoms with Gasteiger partial charge in [-0.1, -0.05) is 60.5 Å². The van der Waals surface area contributed by atoms with E-state index in [1.54, 1.807) is 6.92 Å². The van der Waals surface area contributed by atoms with Gasteiger partial charge >= 0.3 is 0 Å². The standard InChI is InChI=1S/C23H24Cl2N2O4S/c1-3-22(27(32(2,29)30)18-9-11-20(24)21(25)15-18)23(28)26-12-13-31-19-10-8-16-6-4-5-7-17(16)14-19/h4-11,14-15,22H,3,12-13H2,1-2H3,(H,26,28)/t22-/m1/s1. The Morgan fingerprint density at radius 1 is 1.03 bits per heavy atom. The van der Waals surface area contributed by atoms with Crippen molar-refractivity contribution in [1.29, 1.82) is 0 Å². The predicted octanol–water partition coefficient (Wildman–Crippen LogP) is 4.89. The molecular weight excluding hydrogens is 471 g/mol. The Bertz CT molecular complexity index is 1220. The molecular formula is C23H24Cl2N2O4S. The second-order valence-electron chi connectivity index (χ2n) is 7.23. The molecule has 0 spiro atoms. The largest absolute Gasteiger partial charge is 0.492 e. The molecule has 0 heterocycles. The van der Waals surface area contributed by atoms with Crippen molar-refractivity contribution in [1.82, 2.24) is 5.32 Å². The van der Waals surface area contributed by atoms with Crippen molar-refractivity contribution in [3.8, 4) is 5.75 Å². The number of hydrogen-bond donors (Lipinski definition) is 1. The maximum atomic E-state index is 12.8. The minimum Gasteiger partial charge on any atom is -0.492 e. The van der Waals surface area contributed by atoms with E-state index >= 15 is 0 Å². The highest BCUT2D eigenvalue weighted by Crippen LogP contribution is 2.30. The molecule has 0 bridgehead atoms. The fourth-order valence-corrected chi connectivity index (χ4v) is 4.90. The van der Waals surface area contributed by atoms with Crippen LogP contribution in [-0.2, 0) is 14.8 Å². The van der Waals surface area contributed by atoms with Gasteiger partial charge in [-0.05, 0) is 47.5 Å². The lowest BCUT2D eigenvalue weighted by molar-refractivity contribution is -0.122. The number of rotatable bonds is 9. The molecule has 170 valence electrons. The Kier molecular flexibility index (Phi) is 7.87. The van der Waals surface area contributed by atoms with Gasteiger partial charge in [-0.15, -0.1) is 0 Å². The Morgan fingerprint density at radius 3 is 2.41 bits per heavy atom. The molecule has 3 aromatic rings. The van der Waals surface area contributed by atoms with Gasteiger partial charge in [0, 0.05) is 0 Å². The SMILES string of the molecule is CC[C@H](C(=O)NCCOc1ccc2ccccc2c1)N(c1ccc(Cl)c(Cl)c1)S(C)(=O)=O. The van der Waals surface area contributed by atoms with Crippen LogP contribution >= 0.6 is 23.2 Å². The number of carbonyl (C=O) groups excluding carboxylic acids is 1. The summed E-state index contributed by atoms with van der Waals surface area (Å²) in [6, 6.07) is 17.2. The van der Waals surface area contributed by atoms with Crippen LogP contribution in [-0.4, -0.2) is 39.8 Å². The quantitative estimate of drug-likeness (QED) is 0.429. The van der Waals surface area contributed by atoms with Crippen molar-refractivity contribution in [2.45, 2.75) is 19.4 Å². The van der Waals surface area contributed by atoms with Crippen molar-refractivity contribution in [3.63, 3.8) is 0 Å². The molecule has 1 N–H and O–H groups in total. The third kappa shape index (κ3) is 5.85. The van der Waals surface area contributed by atoms with E-state index < -0.39 is 22.0 Å². The van der Waals surface area contributed by atoms with Crippen LogP contribution in [0.15, 0.2) is 60.7 Å². The molecule has 9 heteroatoms. The summed E-state index contributed by atoms with van der Waals surface area (Å²) in [5, 5.41) is 5.44. The third-order valence-corrected chi connectivity index (χ3v) is 6.80. The van der Waals surface area contributed by atoms with Crippen LogP contribution in [0.5, 0.6) is 5.75 Å². The minimum absolute atomic E-state index is 0.205. The molecule has 1 amide bonds. The van der Waals surface area contributed by atoms with Gasteiger partial charge in [0.15, 0.2) is 0 Å². The van der Waals surface area contributed by atoms with E-state index in [2.05, 4.69) is 5.32 Å². The number of anilines is 1. The molecule has 0 fully saturated rings. The topological polar surface area (TPSA) is 75.7 Å². The molecule has 3 rings (SSSR count). The lowest BCUT2D eigenvalue weighted by atomic mass is 10.1. The first-order valence-electron chi connectivity index (χ1n) is 10.0. The van der Waals surface area contributed by atoms with E-state index in [1.807, 2.05) is 42.5 Å². The fraction of sp³-hybridized carbons (Fsp3) is 0.261.